The highest BCUT2D eigenvalue weighted by Crippen LogP contribution is 2.17. The summed E-state index contributed by atoms with van der Waals surface area (Å²) < 4.78 is 10.6. The molecule has 0 atom stereocenters. The molecule has 2 N–H and O–H groups in total. The molecule has 0 radical (unpaired) electrons. The summed E-state index contributed by atoms with van der Waals surface area (Å²) in [7, 11) is 0. The average Bonchev–Trinajstić information content (AvgIpc) is 2.97. The van der Waals surface area contributed by atoms with E-state index >= 15 is 0 Å². The Morgan fingerprint density at radius 3 is 2.59 bits per heavy atom. The summed E-state index contributed by atoms with van der Waals surface area (Å²) in [5.41, 5.74) is 5.56. The molecule has 6 heteroatoms. The molecule has 0 unspecified atom stereocenters. The number of hydrazine groups is 1. The van der Waals surface area contributed by atoms with Crippen molar-refractivity contribution >= 4 is 11.8 Å². The van der Waals surface area contributed by atoms with Gasteiger partial charge in [-0.25, -0.2) is 0 Å². The van der Waals surface area contributed by atoms with Crippen molar-refractivity contribution < 1.29 is 18.7 Å². The van der Waals surface area contributed by atoms with Crippen LogP contribution in [0.3, 0.4) is 0 Å². The summed E-state index contributed by atoms with van der Waals surface area (Å²) in [6, 6.07) is 10.7. The van der Waals surface area contributed by atoms with E-state index in [2.05, 4.69) is 10.9 Å². The van der Waals surface area contributed by atoms with Gasteiger partial charge >= 0.3 is 5.91 Å². The molecule has 22 heavy (non-hydrogen) atoms. The van der Waals surface area contributed by atoms with Gasteiger partial charge in [-0.1, -0.05) is 25.1 Å². The van der Waals surface area contributed by atoms with Crippen LogP contribution in [0.2, 0.25) is 0 Å². The summed E-state index contributed by atoms with van der Waals surface area (Å²) >= 11 is 0. The molecule has 1 aromatic carbocycles. The smallest absolute Gasteiger partial charge is 0.305 e. The maximum absolute atomic E-state index is 11.7. The van der Waals surface area contributed by atoms with Crippen LogP contribution in [0.25, 0.3) is 0 Å². The third-order valence-electron chi connectivity index (χ3n) is 2.99. The molecule has 0 aliphatic rings. The number of aryl methyl sites for hydroxylation is 2. The topological polar surface area (TPSA) is 80.6 Å². The van der Waals surface area contributed by atoms with Crippen molar-refractivity contribution in [2.45, 2.75) is 20.3 Å². The number of carbonyl (C=O) groups excluding carboxylic acids is 2. The zero-order valence-electron chi connectivity index (χ0n) is 12.5. The van der Waals surface area contributed by atoms with Crippen LogP contribution in [0.15, 0.2) is 40.8 Å². The Hall–Kier alpha value is -2.76. The summed E-state index contributed by atoms with van der Waals surface area (Å²) in [6.45, 7) is 3.55. The number of furan rings is 1. The van der Waals surface area contributed by atoms with E-state index in [9.17, 15) is 9.59 Å². The van der Waals surface area contributed by atoms with Crippen LogP contribution >= 0.6 is 0 Å². The van der Waals surface area contributed by atoms with Crippen molar-refractivity contribution in [3.63, 3.8) is 0 Å². The lowest BCUT2D eigenvalue weighted by atomic mass is 10.1. The maximum Gasteiger partial charge on any atom is 0.305 e. The zero-order chi connectivity index (χ0) is 15.9. The third-order valence-corrected chi connectivity index (χ3v) is 2.99. The number of nitrogens with one attached hydrogen (secondary N) is 2. The first-order chi connectivity index (χ1) is 10.6. The van der Waals surface area contributed by atoms with Gasteiger partial charge in [-0.05, 0) is 37.1 Å². The van der Waals surface area contributed by atoms with E-state index in [-0.39, 0.29) is 12.4 Å². The van der Waals surface area contributed by atoms with E-state index in [1.54, 1.807) is 19.1 Å². The molecule has 2 aromatic rings. The lowest BCUT2D eigenvalue weighted by Crippen LogP contribution is -2.43. The predicted molar refractivity (Wildman–Crippen MR) is 80.4 cm³/mol. The molecule has 2 rings (SSSR count). The van der Waals surface area contributed by atoms with Crippen LogP contribution in [0.4, 0.5) is 0 Å². The summed E-state index contributed by atoms with van der Waals surface area (Å²) in [6.07, 6.45) is 0.812. The van der Waals surface area contributed by atoms with Gasteiger partial charge in [0.05, 0.1) is 0 Å². The van der Waals surface area contributed by atoms with Gasteiger partial charge in [-0.3, -0.25) is 20.4 Å². The second-order valence-corrected chi connectivity index (χ2v) is 4.66. The van der Waals surface area contributed by atoms with Gasteiger partial charge in [0.2, 0.25) is 0 Å². The maximum atomic E-state index is 11.7. The molecule has 6 nitrogen and oxygen atoms in total. The fourth-order valence-corrected chi connectivity index (χ4v) is 1.86. The third kappa shape index (κ3) is 4.12. The van der Waals surface area contributed by atoms with Crippen molar-refractivity contribution in [3.8, 4) is 5.75 Å². The first-order valence-electron chi connectivity index (χ1n) is 6.96. The monoisotopic (exact) mass is 302 g/mol. The summed E-state index contributed by atoms with van der Waals surface area (Å²) in [5.74, 6) is 0.442. The number of hydrogen-bond acceptors (Lipinski definition) is 4. The standard InChI is InChI=1S/C16H18N2O4/c1-3-12-6-4-5-7-13(12)21-10-15(19)17-18-16(20)14-9-8-11(2)22-14/h4-9H,3,10H2,1-2H3,(H,17,19)(H,18,20). The molecule has 116 valence electrons. The molecule has 0 bridgehead atoms. The van der Waals surface area contributed by atoms with Gasteiger partial charge in [0, 0.05) is 0 Å². The van der Waals surface area contributed by atoms with Gasteiger partial charge in [0.25, 0.3) is 5.91 Å². The van der Waals surface area contributed by atoms with Gasteiger partial charge in [0.15, 0.2) is 12.4 Å². The van der Waals surface area contributed by atoms with Gasteiger partial charge in [-0.15, -0.1) is 0 Å². The average molecular weight is 302 g/mol. The van der Waals surface area contributed by atoms with Crippen LogP contribution in [0.5, 0.6) is 5.75 Å². The minimum Gasteiger partial charge on any atom is -0.483 e. The van der Waals surface area contributed by atoms with E-state index in [1.807, 2.05) is 25.1 Å². The fourth-order valence-electron chi connectivity index (χ4n) is 1.86. The number of benzene rings is 1. The first kappa shape index (κ1) is 15.6. The van der Waals surface area contributed by atoms with Crippen LogP contribution in [-0.2, 0) is 11.2 Å². The Bertz CT molecular complexity index is 664. The Morgan fingerprint density at radius 1 is 1.14 bits per heavy atom. The van der Waals surface area contributed by atoms with Crippen molar-refractivity contribution in [2.24, 2.45) is 0 Å². The lowest BCUT2D eigenvalue weighted by molar-refractivity contribution is -0.123. The van der Waals surface area contributed by atoms with Crippen molar-refractivity contribution in [2.75, 3.05) is 6.61 Å². The van der Waals surface area contributed by atoms with E-state index in [1.165, 1.54) is 6.07 Å². The highest BCUT2D eigenvalue weighted by molar-refractivity contribution is 5.93. The highest BCUT2D eigenvalue weighted by atomic mass is 16.5. The number of hydrogen-bond donors (Lipinski definition) is 2. The van der Waals surface area contributed by atoms with Crippen molar-refractivity contribution in [3.05, 3.63) is 53.5 Å². The summed E-state index contributed by atoms with van der Waals surface area (Å²) in [5, 5.41) is 0. The molecule has 0 fully saturated rings. The van der Waals surface area contributed by atoms with Crippen LogP contribution in [-0.4, -0.2) is 18.4 Å². The largest absolute Gasteiger partial charge is 0.483 e. The second kappa shape index (κ2) is 7.31. The van der Waals surface area contributed by atoms with Crippen LogP contribution in [0, 0.1) is 6.92 Å². The van der Waals surface area contributed by atoms with Gasteiger partial charge < -0.3 is 9.15 Å². The Balaban J connectivity index is 1.80. The van der Waals surface area contributed by atoms with Crippen molar-refractivity contribution in [1.82, 2.24) is 10.9 Å². The number of ether oxygens (including phenoxy) is 1. The van der Waals surface area contributed by atoms with Crippen LogP contribution in [0.1, 0.15) is 28.8 Å². The van der Waals surface area contributed by atoms with Crippen molar-refractivity contribution in [1.29, 1.82) is 0 Å². The van der Waals surface area contributed by atoms with Crippen LogP contribution < -0.4 is 15.6 Å². The molecule has 0 saturated heterocycles. The Kier molecular flexibility index (Phi) is 5.19. The number of amides is 2. The number of rotatable bonds is 5. The molecular formula is C16H18N2O4. The summed E-state index contributed by atoms with van der Waals surface area (Å²) in [4.78, 5) is 23.4. The lowest BCUT2D eigenvalue weighted by Gasteiger charge is -2.10. The van der Waals surface area contributed by atoms with E-state index in [0.717, 1.165) is 12.0 Å². The molecule has 0 aliphatic heterocycles. The predicted octanol–water partition coefficient (Wildman–Crippen LogP) is 1.99. The SMILES string of the molecule is CCc1ccccc1OCC(=O)NNC(=O)c1ccc(C)o1. The minimum absolute atomic E-state index is 0.134. The number of carbonyl (C=O) groups is 2. The first-order valence-corrected chi connectivity index (χ1v) is 6.96. The Morgan fingerprint density at radius 2 is 1.91 bits per heavy atom. The number of para-hydroxylation sites is 1. The molecule has 0 spiro atoms. The van der Waals surface area contributed by atoms with Gasteiger partial charge in [-0.2, -0.15) is 0 Å². The minimum atomic E-state index is -0.518. The fraction of sp³-hybridized carbons (Fsp3) is 0.250. The quantitative estimate of drug-likeness (QED) is 0.828. The zero-order valence-corrected chi connectivity index (χ0v) is 12.5. The highest BCUT2D eigenvalue weighted by Gasteiger charge is 2.11. The molecule has 1 aromatic heterocycles. The van der Waals surface area contributed by atoms with E-state index < -0.39 is 11.8 Å². The second-order valence-electron chi connectivity index (χ2n) is 4.66. The molecule has 0 aliphatic carbocycles. The van der Waals surface area contributed by atoms with E-state index in [0.29, 0.717) is 11.5 Å². The van der Waals surface area contributed by atoms with Gasteiger partial charge in [0.1, 0.15) is 11.5 Å². The molecule has 2 amide bonds. The normalized spacial score (nSPS) is 10.1. The molecule has 0 saturated carbocycles. The Labute approximate surface area is 128 Å². The van der Waals surface area contributed by atoms with E-state index in [4.69, 9.17) is 9.15 Å². The molecule has 1 heterocycles. The molecular weight excluding hydrogens is 284 g/mol.